The summed E-state index contributed by atoms with van der Waals surface area (Å²) in [6.45, 7) is 3.74. The Morgan fingerprint density at radius 2 is 2.11 bits per heavy atom. The van der Waals surface area contributed by atoms with Crippen LogP contribution in [0.1, 0.15) is 19.5 Å². The predicted octanol–water partition coefficient (Wildman–Crippen LogP) is 4.03. The second-order valence-electron chi connectivity index (χ2n) is 4.39. The predicted molar refractivity (Wildman–Crippen MR) is 81.6 cm³/mol. The maximum absolute atomic E-state index is 11.6. The lowest BCUT2D eigenvalue weighted by atomic mass is 10.2. The third-order valence-electron chi connectivity index (χ3n) is 2.44. The van der Waals surface area contributed by atoms with E-state index in [0.29, 0.717) is 5.13 Å². The topological polar surface area (TPSA) is 42.0 Å². The van der Waals surface area contributed by atoms with Crippen LogP contribution in [0.15, 0.2) is 40.6 Å². The Kier molecular flexibility index (Phi) is 4.99. The third-order valence-corrected chi connectivity index (χ3v) is 4.29. The molecule has 1 aromatic heterocycles. The van der Waals surface area contributed by atoms with Gasteiger partial charge >= 0.3 is 0 Å². The van der Waals surface area contributed by atoms with Crippen LogP contribution in [-0.2, 0) is 10.5 Å². The third kappa shape index (κ3) is 4.36. The van der Waals surface area contributed by atoms with Crippen LogP contribution in [0.2, 0.25) is 0 Å². The van der Waals surface area contributed by atoms with E-state index in [-0.39, 0.29) is 11.8 Å². The minimum Gasteiger partial charge on any atom is -0.302 e. The first-order valence-electron chi connectivity index (χ1n) is 6.08. The van der Waals surface area contributed by atoms with E-state index in [1.165, 1.54) is 16.2 Å². The molecule has 0 saturated carbocycles. The fourth-order valence-electron chi connectivity index (χ4n) is 1.35. The van der Waals surface area contributed by atoms with Crippen molar-refractivity contribution in [2.45, 2.75) is 24.5 Å². The van der Waals surface area contributed by atoms with E-state index in [2.05, 4.69) is 22.4 Å². The van der Waals surface area contributed by atoms with Gasteiger partial charge in [0.2, 0.25) is 5.91 Å². The highest BCUT2D eigenvalue weighted by Crippen LogP contribution is 2.24. The molecule has 0 bridgehead atoms. The first-order valence-corrected chi connectivity index (χ1v) is 7.95. The van der Waals surface area contributed by atoms with Crippen molar-refractivity contribution in [1.29, 1.82) is 0 Å². The zero-order valence-corrected chi connectivity index (χ0v) is 12.6. The van der Waals surface area contributed by atoms with Gasteiger partial charge < -0.3 is 5.32 Å². The van der Waals surface area contributed by atoms with E-state index < -0.39 is 0 Å². The van der Waals surface area contributed by atoms with Crippen LogP contribution in [-0.4, -0.2) is 10.9 Å². The molecule has 0 aliphatic rings. The lowest BCUT2D eigenvalue weighted by Crippen LogP contribution is -2.17. The number of aromatic nitrogens is 1. The Balaban J connectivity index is 1.89. The highest BCUT2D eigenvalue weighted by molar-refractivity contribution is 7.98. The second-order valence-corrected chi connectivity index (χ2v) is 6.30. The van der Waals surface area contributed by atoms with Crippen molar-refractivity contribution in [1.82, 2.24) is 4.98 Å². The van der Waals surface area contributed by atoms with E-state index in [1.807, 2.05) is 37.4 Å². The summed E-state index contributed by atoms with van der Waals surface area (Å²) in [5.41, 5.74) is 0.998. The molecular weight excluding hydrogens is 276 g/mol. The number of carbonyl (C=O) groups is 1. The highest BCUT2D eigenvalue weighted by atomic mass is 32.2. The van der Waals surface area contributed by atoms with E-state index in [1.54, 1.807) is 11.8 Å². The van der Waals surface area contributed by atoms with Crippen molar-refractivity contribution in [2.24, 2.45) is 5.92 Å². The molecule has 2 aromatic rings. The molecule has 0 atom stereocenters. The molecule has 0 spiro atoms. The van der Waals surface area contributed by atoms with Crippen molar-refractivity contribution < 1.29 is 4.79 Å². The molecule has 0 aliphatic heterocycles. The van der Waals surface area contributed by atoms with Crippen LogP contribution >= 0.6 is 23.1 Å². The number of thioether (sulfide) groups is 1. The van der Waals surface area contributed by atoms with Gasteiger partial charge in [0.25, 0.3) is 0 Å². The molecule has 100 valence electrons. The summed E-state index contributed by atoms with van der Waals surface area (Å²) in [5, 5.41) is 5.49. The Morgan fingerprint density at radius 3 is 2.79 bits per heavy atom. The minimum atomic E-state index is -0.0222. The molecule has 0 aliphatic carbocycles. The van der Waals surface area contributed by atoms with Crippen LogP contribution in [0.3, 0.4) is 0 Å². The lowest BCUT2D eigenvalue weighted by Gasteiger charge is -2.03. The molecule has 0 unspecified atom stereocenters. The molecule has 2 rings (SSSR count). The Hall–Kier alpha value is -1.33. The number of nitrogens with one attached hydrogen (secondary N) is 1. The zero-order chi connectivity index (χ0) is 13.7. The molecular formula is C14H16N2OS2. The maximum atomic E-state index is 11.6. The molecule has 0 radical (unpaired) electrons. The Morgan fingerprint density at radius 1 is 1.37 bits per heavy atom. The van der Waals surface area contributed by atoms with Gasteiger partial charge in [-0.15, -0.1) is 23.1 Å². The number of benzene rings is 1. The number of hydrogen-bond donors (Lipinski definition) is 1. The van der Waals surface area contributed by atoms with E-state index in [9.17, 15) is 4.79 Å². The summed E-state index contributed by atoms with van der Waals surface area (Å²) in [6, 6.07) is 10.2. The number of anilines is 1. The number of nitrogens with zero attached hydrogens (tertiary/aromatic N) is 1. The molecule has 19 heavy (non-hydrogen) atoms. The summed E-state index contributed by atoms with van der Waals surface area (Å²) in [6.07, 6.45) is 0. The van der Waals surface area contributed by atoms with Gasteiger partial charge in [-0.25, -0.2) is 4.98 Å². The second kappa shape index (κ2) is 6.73. The number of amides is 1. The number of thiazole rings is 1. The van der Waals surface area contributed by atoms with Gasteiger partial charge in [0, 0.05) is 21.9 Å². The average Bonchev–Trinajstić information content (AvgIpc) is 2.85. The lowest BCUT2D eigenvalue weighted by molar-refractivity contribution is -0.118. The number of rotatable bonds is 5. The van der Waals surface area contributed by atoms with Crippen LogP contribution in [0.25, 0.3) is 0 Å². The average molecular weight is 292 g/mol. The van der Waals surface area contributed by atoms with E-state index in [0.717, 1.165) is 11.4 Å². The van der Waals surface area contributed by atoms with Crippen LogP contribution in [0.5, 0.6) is 0 Å². The summed E-state index contributed by atoms with van der Waals surface area (Å²) in [4.78, 5) is 17.2. The van der Waals surface area contributed by atoms with Crippen molar-refractivity contribution in [3.8, 4) is 0 Å². The van der Waals surface area contributed by atoms with Gasteiger partial charge in [-0.3, -0.25) is 4.79 Å². The van der Waals surface area contributed by atoms with Gasteiger partial charge in [0.05, 0.1) is 5.69 Å². The molecule has 1 N–H and O–H groups in total. The monoisotopic (exact) mass is 292 g/mol. The maximum Gasteiger partial charge on any atom is 0.228 e. The van der Waals surface area contributed by atoms with Crippen molar-refractivity contribution in [3.05, 3.63) is 41.4 Å². The molecule has 1 aromatic carbocycles. The normalized spacial score (nSPS) is 10.7. The molecule has 1 heterocycles. The Bertz CT molecular complexity index is 537. The van der Waals surface area contributed by atoms with Gasteiger partial charge in [0.1, 0.15) is 0 Å². The summed E-state index contributed by atoms with van der Waals surface area (Å²) in [7, 11) is 0. The standard InChI is InChI=1S/C14H16N2OS2/c1-10(2)13(17)16-14-15-11(9-19-14)8-18-12-6-4-3-5-7-12/h3-7,9-10H,8H2,1-2H3,(H,15,16,17). The first-order chi connectivity index (χ1) is 9.15. The van der Waals surface area contributed by atoms with E-state index >= 15 is 0 Å². The van der Waals surface area contributed by atoms with Crippen molar-refractivity contribution in [2.75, 3.05) is 5.32 Å². The zero-order valence-electron chi connectivity index (χ0n) is 10.9. The molecule has 0 fully saturated rings. The van der Waals surface area contributed by atoms with Gasteiger partial charge in [-0.2, -0.15) is 0 Å². The van der Waals surface area contributed by atoms with Crippen LogP contribution < -0.4 is 5.32 Å². The largest absolute Gasteiger partial charge is 0.302 e. The first kappa shape index (κ1) is 14.1. The van der Waals surface area contributed by atoms with E-state index in [4.69, 9.17) is 0 Å². The number of hydrogen-bond acceptors (Lipinski definition) is 4. The fourth-order valence-corrected chi connectivity index (χ4v) is 2.99. The van der Waals surface area contributed by atoms with Crippen LogP contribution in [0.4, 0.5) is 5.13 Å². The molecule has 3 nitrogen and oxygen atoms in total. The fraction of sp³-hybridized carbons (Fsp3) is 0.286. The smallest absolute Gasteiger partial charge is 0.228 e. The minimum absolute atomic E-state index is 0.0108. The van der Waals surface area contributed by atoms with Crippen molar-refractivity contribution >= 4 is 34.1 Å². The van der Waals surface area contributed by atoms with Crippen molar-refractivity contribution in [3.63, 3.8) is 0 Å². The summed E-state index contributed by atoms with van der Waals surface area (Å²) in [5.74, 6) is 0.806. The van der Waals surface area contributed by atoms with Gasteiger partial charge in [-0.05, 0) is 12.1 Å². The van der Waals surface area contributed by atoms with Gasteiger partial charge in [-0.1, -0.05) is 32.0 Å². The molecule has 0 saturated heterocycles. The van der Waals surface area contributed by atoms with Crippen LogP contribution in [0, 0.1) is 5.92 Å². The Labute approximate surface area is 121 Å². The molecule has 5 heteroatoms. The van der Waals surface area contributed by atoms with Gasteiger partial charge in [0.15, 0.2) is 5.13 Å². The summed E-state index contributed by atoms with van der Waals surface area (Å²) >= 11 is 3.22. The molecule has 1 amide bonds. The quantitative estimate of drug-likeness (QED) is 0.846. The SMILES string of the molecule is CC(C)C(=O)Nc1nc(CSc2ccccc2)cs1. The number of carbonyl (C=O) groups excluding carboxylic acids is 1. The summed E-state index contributed by atoms with van der Waals surface area (Å²) < 4.78 is 0. The highest BCUT2D eigenvalue weighted by Gasteiger charge is 2.10.